The van der Waals surface area contributed by atoms with Gasteiger partial charge in [-0.15, -0.1) is 0 Å². The lowest BCUT2D eigenvalue weighted by atomic mass is 10.1. The molecule has 0 bridgehead atoms. The summed E-state index contributed by atoms with van der Waals surface area (Å²) in [4.78, 5) is 13.2. The van der Waals surface area contributed by atoms with Gasteiger partial charge in [0.1, 0.15) is 0 Å². The first-order valence-corrected chi connectivity index (χ1v) is 9.00. The lowest BCUT2D eigenvalue weighted by molar-refractivity contribution is -0.136. The predicted octanol–water partition coefficient (Wildman–Crippen LogP) is 2.14. The maximum atomic E-state index is 10.8. The number of fused-ring (bicyclic) bond motifs is 1. The molecule has 7 nitrogen and oxygen atoms in total. The first kappa shape index (κ1) is 17.7. The van der Waals surface area contributed by atoms with Gasteiger partial charge in [0, 0.05) is 50.4 Å². The maximum Gasteiger partial charge on any atom is 0.303 e. The van der Waals surface area contributed by atoms with Crippen LogP contribution < -0.4 is 0 Å². The van der Waals surface area contributed by atoms with Crippen LogP contribution >= 0.6 is 0 Å². The highest BCUT2D eigenvalue weighted by atomic mass is 16.4. The number of carboxylic acids is 1. The number of nitrogens with zero attached hydrogens (tertiary/aromatic N) is 5. The van der Waals surface area contributed by atoms with Crippen molar-refractivity contribution in [2.75, 3.05) is 6.54 Å². The van der Waals surface area contributed by atoms with E-state index in [9.17, 15) is 4.79 Å². The van der Waals surface area contributed by atoms with Gasteiger partial charge in [0.2, 0.25) is 0 Å². The highest BCUT2D eigenvalue weighted by Gasteiger charge is 2.20. The van der Waals surface area contributed by atoms with Crippen LogP contribution in [0.3, 0.4) is 0 Å². The lowest BCUT2D eigenvalue weighted by Crippen LogP contribution is -2.23. The number of rotatable bonds is 6. The van der Waals surface area contributed by atoms with Crippen LogP contribution in [0.1, 0.15) is 48.1 Å². The molecule has 1 N–H and O–H groups in total. The summed E-state index contributed by atoms with van der Waals surface area (Å²) < 4.78 is 4.11. The Hall–Kier alpha value is -2.15. The molecule has 0 fully saturated rings. The number of aryl methyl sites for hydroxylation is 4. The van der Waals surface area contributed by atoms with Crippen molar-refractivity contribution in [3.8, 4) is 0 Å². The van der Waals surface area contributed by atoms with Gasteiger partial charge in [0.25, 0.3) is 0 Å². The van der Waals surface area contributed by atoms with Crippen LogP contribution in [0.25, 0.3) is 0 Å². The fourth-order valence-corrected chi connectivity index (χ4v) is 3.57. The Morgan fingerprint density at radius 2 is 2.08 bits per heavy atom. The van der Waals surface area contributed by atoms with Crippen molar-refractivity contribution < 1.29 is 9.90 Å². The van der Waals surface area contributed by atoms with E-state index in [2.05, 4.69) is 46.6 Å². The van der Waals surface area contributed by atoms with Gasteiger partial charge < -0.3 is 5.11 Å². The Kier molecular flexibility index (Phi) is 5.22. The molecule has 7 heteroatoms. The van der Waals surface area contributed by atoms with Crippen molar-refractivity contribution in [1.82, 2.24) is 24.5 Å². The molecule has 0 spiro atoms. The summed E-state index contributed by atoms with van der Waals surface area (Å²) in [7, 11) is 0. The van der Waals surface area contributed by atoms with E-state index < -0.39 is 5.97 Å². The average molecular weight is 345 g/mol. The van der Waals surface area contributed by atoms with Gasteiger partial charge in [0.05, 0.1) is 23.5 Å². The molecule has 25 heavy (non-hydrogen) atoms. The van der Waals surface area contributed by atoms with Gasteiger partial charge in [-0.3, -0.25) is 19.1 Å². The van der Waals surface area contributed by atoms with Crippen LogP contribution in [0.15, 0.2) is 6.07 Å². The predicted molar refractivity (Wildman–Crippen MR) is 94.3 cm³/mol. The van der Waals surface area contributed by atoms with Gasteiger partial charge in [-0.2, -0.15) is 10.2 Å². The van der Waals surface area contributed by atoms with Crippen LogP contribution in [0.5, 0.6) is 0 Å². The fourth-order valence-electron chi connectivity index (χ4n) is 3.57. The zero-order chi connectivity index (χ0) is 18.0. The average Bonchev–Trinajstić information content (AvgIpc) is 3.00. The van der Waals surface area contributed by atoms with E-state index in [0.29, 0.717) is 6.42 Å². The zero-order valence-electron chi connectivity index (χ0n) is 15.3. The van der Waals surface area contributed by atoms with Gasteiger partial charge in [0.15, 0.2) is 0 Å². The number of carbonyl (C=O) groups is 1. The maximum absolute atomic E-state index is 10.8. The first-order chi connectivity index (χ1) is 12.0. The standard InChI is InChI=1S/C18H27N5O2/c1-4-22-14(3)17(13(2)19-22)12-21-8-5-9-23-16(11-21)10-15(20-23)6-7-18(24)25/h10H,4-9,11-12H2,1-3H3,(H,24,25). The second-order valence-electron chi connectivity index (χ2n) is 6.77. The van der Waals surface area contributed by atoms with Gasteiger partial charge >= 0.3 is 5.97 Å². The SMILES string of the molecule is CCn1nc(C)c(CN2CCCn3nc(CCC(=O)O)cc3C2)c1C. The number of hydrogen-bond donors (Lipinski definition) is 1. The number of aromatic nitrogens is 4. The third kappa shape index (κ3) is 3.92. The number of carboxylic acid groups (broad SMARTS) is 1. The minimum atomic E-state index is -0.774. The van der Waals surface area contributed by atoms with Crippen LogP contribution in [-0.4, -0.2) is 42.1 Å². The quantitative estimate of drug-likeness (QED) is 0.868. The Balaban J connectivity index is 1.73. The lowest BCUT2D eigenvalue weighted by Gasteiger charge is -2.19. The molecule has 3 heterocycles. The summed E-state index contributed by atoms with van der Waals surface area (Å²) in [5, 5.41) is 18.1. The van der Waals surface area contributed by atoms with Crippen LogP contribution in [0, 0.1) is 13.8 Å². The molecule has 0 atom stereocenters. The van der Waals surface area contributed by atoms with Crippen molar-refractivity contribution >= 4 is 5.97 Å². The van der Waals surface area contributed by atoms with Gasteiger partial charge in [-0.25, -0.2) is 0 Å². The summed E-state index contributed by atoms with van der Waals surface area (Å²) >= 11 is 0. The molecular weight excluding hydrogens is 318 g/mol. The van der Waals surface area contributed by atoms with Gasteiger partial charge in [-0.1, -0.05) is 0 Å². The van der Waals surface area contributed by atoms with E-state index in [4.69, 9.17) is 5.11 Å². The molecule has 1 aliphatic heterocycles. The van der Waals surface area contributed by atoms with Crippen LogP contribution in [0.2, 0.25) is 0 Å². The molecule has 2 aromatic rings. The van der Waals surface area contributed by atoms with E-state index >= 15 is 0 Å². The monoisotopic (exact) mass is 345 g/mol. The van der Waals surface area contributed by atoms with Crippen molar-refractivity contribution in [2.24, 2.45) is 0 Å². The summed E-state index contributed by atoms with van der Waals surface area (Å²) in [5.41, 5.74) is 5.74. The second kappa shape index (κ2) is 7.39. The molecule has 0 saturated carbocycles. The minimum Gasteiger partial charge on any atom is -0.481 e. The number of hydrogen-bond acceptors (Lipinski definition) is 4. The largest absolute Gasteiger partial charge is 0.481 e. The highest BCUT2D eigenvalue weighted by molar-refractivity contribution is 5.66. The van der Waals surface area contributed by atoms with E-state index in [1.165, 1.54) is 17.0 Å². The molecule has 136 valence electrons. The van der Waals surface area contributed by atoms with Crippen molar-refractivity contribution in [3.05, 3.63) is 34.4 Å². The molecule has 0 unspecified atom stereocenters. The van der Waals surface area contributed by atoms with Crippen molar-refractivity contribution in [2.45, 2.75) is 66.2 Å². The summed E-state index contributed by atoms with van der Waals surface area (Å²) in [5.74, 6) is -0.774. The summed E-state index contributed by atoms with van der Waals surface area (Å²) in [6.45, 7) is 10.9. The zero-order valence-corrected chi connectivity index (χ0v) is 15.3. The molecule has 0 saturated heterocycles. The third-order valence-corrected chi connectivity index (χ3v) is 4.95. The van der Waals surface area contributed by atoms with Crippen LogP contribution in [0.4, 0.5) is 0 Å². The molecular formula is C18H27N5O2. The molecule has 0 amide bonds. The molecule has 3 rings (SSSR count). The number of aliphatic carboxylic acids is 1. The smallest absolute Gasteiger partial charge is 0.303 e. The summed E-state index contributed by atoms with van der Waals surface area (Å²) in [6.07, 6.45) is 1.68. The van der Waals surface area contributed by atoms with E-state index in [-0.39, 0.29) is 6.42 Å². The fraction of sp³-hybridized carbons (Fsp3) is 0.611. The molecule has 0 radical (unpaired) electrons. The molecule has 0 aromatic carbocycles. The third-order valence-electron chi connectivity index (χ3n) is 4.95. The van der Waals surface area contributed by atoms with Gasteiger partial charge in [-0.05, 0) is 33.3 Å². The minimum absolute atomic E-state index is 0.134. The first-order valence-electron chi connectivity index (χ1n) is 9.00. The van der Waals surface area contributed by atoms with Crippen molar-refractivity contribution in [3.63, 3.8) is 0 Å². The Labute approximate surface area is 148 Å². The summed E-state index contributed by atoms with van der Waals surface area (Å²) in [6, 6.07) is 2.07. The van der Waals surface area contributed by atoms with E-state index in [1.54, 1.807) is 0 Å². The Bertz CT molecular complexity index is 762. The van der Waals surface area contributed by atoms with E-state index in [1.807, 2.05) is 4.68 Å². The highest BCUT2D eigenvalue weighted by Crippen LogP contribution is 2.20. The Morgan fingerprint density at radius 1 is 1.28 bits per heavy atom. The second-order valence-corrected chi connectivity index (χ2v) is 6.77. The molecule has 0 aliphatic carbocycles. The van der Waals surface area contributed by atoms with E-state index in [0.717, 1.165) is 50.5 Å². The Morgan fingerprint density at radius 3 is 2.76 bits per heavy atom. The molecule has 2 aromatic heterocycles. The normalized spacial score (nSPS) is 15.2. The molecule has 1 aliphatic rings. The van der Waals surface area contributed by atoms with Crippen LogP contribution in [-0.2, 0) is 37.4 Å². The topological polar surface area (TPSA) is 76.2 Å². The van der Waals surface area contributed by atoms with Crippen molar-refractivity contribution in [1.29, 1.82) is 0 Å².